The Morgan fingerprint density at radius 2 is 1.53 bits per heavy atom. The van der Waals surface area contributed by atoms with Gasteiger partial charge in [-0.1, -0.05) is 36.4 Å². The molecule has 1 aliphatic carbocycles. The zero-order valence-electron chi connectivity index (χ0n) is 18.8. The van der Waals surface area contributed by atoms with Gasteiger partial charge in [0.2, 0.25) is 5.91 Å². The normalized spacial score (nSPS) is 12.7. The molecule has 3 aromatic carbocycles. The van der Waals surface area contributed by atoms with Crippen molar-refractivity contribution in [2.45, 2.75) is 25.8 Å². The smallest absolute Gasteiger partial charge is 0.323 e. The van der Waals surface area contributed by atoms with Gasteiger partial charge in [0.1, 0.15) is 0 Å². The SMILES string of the molecule is Cc1ccc(NC(=O)Nc2ccccc2)cc1NC(=O)/C=C/c1ccc(C(=O)NC2CC2)cc1. The molecule has 0 aliphatic heterocycles. The summed E-state index contributed by atoms with van der Waals surface area (Å²) >= 11 is 0. The highest BCUT2D eigenvalue weighted by Gasteiger charge is 2.23. The summed E-state index contributed by atoms with van der Waals surface area (Å²) in [6.45, 7) is 1.87. The molecule has 1 saturated carbocycles. The second kappa shape index (κ2) is 10.5. The van der Waals surface area contributed by atoms with Crippen LogP contribution in [0.25, 0.3) is 6.08 Å². The molecule has 0 radical (unpaired) electrons. The van der Waals surface area contributed by atoms with E-state index < -0.39 is 0 Å². The molecule has 0 aromatic heterocycles. The van der Waals surface area contributed by atoms with Crippen LogP contribution in [0.3, 0.4) is 0 Å². The van der Waals surface area contributed by atoms with Crippen LogP contribution in [0.5, 0.6) is 0 Å². The molecule has 0 saturated heterocycles. The van der Waals surface area contributed by atoms with Crippen LogP contribution in [0.4, 0.5) is 21.9 Å². The Morgan fingerprint density at radius 1 is 0.824 bits per heavy atom. The molecule has 1 aliphatic rings. The quantitative estimate of drug-likeness (QED) is 0.370. The van der Waals surface area contributed by atoms with Gasteiger partial charge in [0, 0.05) is 34.7 Å². The monoisotopic (exact) mass is 454 g/mol. The van der Waals surface area contributed by atoms with Gasteiger partial charge in [-0.2, -0.15) is 0 Å². The molecular formula is C27H26N4O3. The predicted molar refractivity (Wildman–Crippen MR) is 135 cm³/mol. The van der Waals surface area contributed by atoms with Crippen LogP contribution in [0, 0.1) is 6.92 Å². The maximum atomic E-state index is 12.5. The highest BCUT2D eigenvalue weighted by Crippen LogP contribution is 2.21. The lowest BCUT2D eigenvalue weighted by Gasteiger charge is -2.11. The van der Waals surface area contributed by atoms with E-state index in [2.05, 4.69) is 21.3 Å². The number of nitrogens with one attached hydrogen (secondary N) is 4. The molecule has 3 aromatic rings. The molecule has 4 rings (SSSR count). The van der Waals surface area contributed by atoms with Crippen molar-refractivity contribution in [1.82, 2.24) is 5.32 Å². The van der Waals surface area contributed by atoms with Gasteiger partial charge in [-0.25, -0.2) is 4.79 Å². The largest absolute Gasteiger partial charge is 0.349 e. The minimum atomic E-state index is -0.374. The van der Waals surface area contributed by atoms with Crippen LogP contribution in [0.1, 0.15) is 34.3 Å². The molecule has 4 amide bonds. The molecule has 1 fully saturated rings. The predicted octanol–water partition coefficient (Wildman–Crippen LogP) is 5.18. The number of carbonyl (C=O) groups excluding carboxylic acids is 3. The summed E-state index contributed by atoms with van der Waals surface area (Å²) in [5.41, 5.74) is 4.11. The Kier molecular flexibility index (Phi) is 7.03. The maximum absolute atomic E-state index is 12.5. The van der Waals surface area contributed by atoms with Crippen LogP contribution in [-0.4, -0.2) is 23.9 Å². The van der Waals surface area contributed by atoms with Gasteiger partial charge < -0.3 is 21.3 Å². The molecule has 172 valence electrons. The summed E-state index contributed by atoms with van der Waals surface area (Å²) in [5.74, 6) is -0.373. The summed E-state index contributed by atoms with van der Waals surface area (Å²) in [5, 5.41) is 11.3. The zero-order chi connectivity index (χ0) is 23.9. The molecule has 0 bridgehead atoms. The highest BCUT2D eigenvalue weighted by molar-refractivity contribution is 6.04. The van der Waals surface area contributed by atoms with Crippen molar-refractivity contribution in [3.8, 4) is 0 Å². The molecular weight excluding hydrogens is 428 g/mol. The molecule has 0 unspecified atom stereocenters. The fraction of sp³-hybridized carbons (Fsp3) is 0.148. The Morgan fingerprint density at radius 3 is 2.24 bits per heavy atom. The summed E-state index contributed by atoms with van der Waals surface area (Å²) in [4.78, 5) is 36.8. The van der Waals surface area contributed by atoms with Gasteiger partial charge in [-0.3, -0.25) is 9.59 Å². The number of amides is 4. The Hall–Kier alpha value is -4.39. The third kappa shape index (κ3) is 6.56. The van der Waals surface area contributed by atoms with Crippen molar-refractivity contribution in [1.29, 1.82) is 0 Å². The lowest BCUT2D eigenvalue weighted by atomic mass is 10.1. The number of hydrogen-bond acceptors (Lipinski definition) is 3. The summed E-state index contributed by atoms with van der Waals surface area (Å²) in [6.07, 6.45) is 5.20. The minimum Gasteiger partial charge on any atom is -0.349 e. The van der Waals surface area contributed by atoms with Gasteiger partial charge in [-0.15, -0.1) is 0 Å². The molecule has 0 atom stereocenters. The first kappa shape index (κ1) is 22.8. The van der Waals surface area contributed by atoms with Crippen LogP contribution >= 0.6 is 0 Å². The number of anilines is 3. The van der Waals surface area contributed by atoms with Crippen molar-refractivity contribution in [3.05, 3.63) is 95.6 Å². The molecule has 7 nitrogen and oxygen atoms in total. The number of carbonyl (C=O) groups is 3. The highest BCUT2D eigenvalue weighted by atomic mass is 16.2. The lowest BCUT2D eigenvalue weighted by molar-refractivity contribution is -0.111. The van der Waals surface area contributed by atoms with Crippen LogP contribution in [0.2, 0.25) is 0 Å². The number of para-hydroxylation sites is 1. The van der Waals surface area contributed by atoms with E-state index in [1.54, 1.807) is 54.6 Å². The molecule has 4 N–H and O–H groups in total. The van der Waals surface area contributed by atoms with Crippen molar-refractivity contribution in [2.75, 3.05) is 16.0 Å². The lowest BCUT2D eigenvalue weighted by Crippen LogP contribution is -2.25. The number of benzene rings is 3. The van der Waals surface area contributed by atoms with E-state index in [-0.39, 0.29) is 17.8 Å². The van der Waals surface area contributed by atoms with E-state index in [1.165, 1.54) is 6.08 Å². The Bertz CT molecular complexity index is 1220. The van der Waals surface area contributed by atoms with Gasteiger partial charge in [0.05, 0.1) is 0 Å². The van der Waals surface area contributed by atoms with Gasteiger partial charge in [0.25, 0.3) is 5.91 Å². The Balaban J connectivity index is 1.33. The average molecular weight is 455 g/mol. The summed E-state index contributed by atoms with van der Waals surface area (Å²) in [7, 11) is 0. The fourth-order valence-electron chi connectivity index (χ4n) is 3.24. The minimum absolute atomic E-state index is 0.0720. The van der Waals surface area contributed by atoms with Crippen LogP contribution < -0.4 is 21.3 Å². The first-order chi connectivity index (χ1) is 16.5. The number of urea groups is 1. The van der Waals surface area contributed by atoms with E-state index in [4.69, 9.17) is 0 Å². The van der Waals surface area contributed by atoms with Crippen molar-refractivity contribution < 1.29 is 14.4 Å². The first-order valence-corrected chi connectivity index (χ1v) is 11.1. The molecule has 0 heterocycles. The topological polar surface area (TPSA) is 99.3 Å². The third-order valence-corrected chi connectivity index (χ3v) is 5.30. The number of hydrogen-bond donors (Lipinski definition) is 4. The van der Waals surface area contributed by atoms with Crippen molar-refractivity contribution in [2.24, 2.45) is 0 Å². The van der Waals surface area contributed by atoms with Gasteiger partial charge in [0.15, 0.2) is 0 Å². The zero-order valence-corrected chi connectivity index (χ0v) is 18.8. The maximum Gasteiger partial charge on any atom is 0.323 e. The second-order valence-electron chi connectivity index (χ2n) is 8.17. The molecule has 34 heavy (non-hydrogen) atoms. The van der Waals surface area contributed by atoms with Crippen LogP contribution in [-0.2, 0) is 4.79 Å². The molecule has 7 heteroatoms. The van der Waals surface area contributed by atoms with Crippen molar-refractivity contribution in [3.63, 3.8) is 0 Å². The first-order valence-electron chi connectivity index (χ1n) is 11.1. The standard InChI is InChI=1S/C27H26N4O3/c1-18-7-13-23(30-27(34)29-21-5-3-2-4-6-21)17-24(18)31-25(32)16-10-19-8-11-20(12-9-19)26(33)28-22-14-15-22/h2-13,16-17,22H,14-15H2,1H3,(H,28,33)(H,31,32)(H2,29,30,34)/b16-10+. The van der Waals surface area contributed by atoms with Crippen molar-refractivity contribution >= 4 is 41.0 Å². The fourth-order valence-corrected chi connectivity index (χ4v) is 3.24. The Labute approximate surface area is 198 Å². The van der Waals surface area contributed by atoms with E-state index in [1.807, 2.05) is 31.2 Å². The van der Waals surface area contributed by atoms with E-state index in [9.17, 15) is 14.4 Å². The number of aryl methyl sites for hydroxylation is 1. The average Bonchev–Trinajstić information content (AvgIpc) is 3.65. The van der Waals surface area contributed by atoms with E-state index >= 15 is 0 Å². The summed E-state index contributed by atoms with van der Waals surface area (Å²) in [6, 6.07) is 21.5. The van der Waals surface area contributed by atoms with Crippen LogP contribution in [0.15, 0.2) is 78.9 Å². The van der Waals surface area contributed by atoms with Gasteiger partial charge in [-0.05, 0) is 73.4 Å². The number of rotatable bonds is 7. The molecule has 0 spiro atoms. The van der Waals surface area contributed by atoms with E-state index in [0.29, 0.717) is 28.7 Å². The summed E-state index contributed by atoms with van der Waals surface area (Å²) < 4.78 is 0. The van der Waals surface area contributed by atoms with E-state index in [0.717, 1.165) is 24.0 Å². The van der Waals surface area contributed by atoms with Gasteiger partial charge >= 0.3 is 6.03 Å². The third-order valence-electron chi connectivity index (χ3n) is 5.30. The second-order valence-corrected chi connectivity index (χ2v) is 8.17.